The van der Waals surface area contributed by atoms with Crippen LogP contribution in [-0.2, 0) is 10.5 Å². The Hall–Kier alpha value is -0.420. The molecule has 0 saturated carbocycles. The van der Waals surface area contributed by atoms with E-state index in [1.165, 1.54) is 0 Å². The summed E-state index contributed by atoms with van der Waals surface area (Å²) < 4.78 is 0. The van der Waals surface area contributed by atoms with Crippen LogP contribution in [0.4, 0.5) is 0 Å². The summed E-state index contributed by atoms with van der Waals surface area (Å²) in [5.74, 6) is 1.79. The molecule has 0 spiro atoms. The molecule has 1 aliphatic rings. The third-order valence-corrected chi connectivity index (χ3v) is 6.19. The van der Waals surface area contributed by atoms with Gasteiger partial charge in [0, 0.05) is 36.8 Å². The lowest BCUT2D eigenvalue weighted by Crippen LogP contribution is -3.06. The molecule has 25 heavy (non-hydrogen) atoms. The predicted octanol–water partition coefficient (Wildman–Crippen LogP) is 4.02. The molecule has 0 aliphatic carbocycles. The predicted molar refractivity (Wildman–Crippen MR) is 108 cm³/mol. The Labute approximate surface area is 165 Å². The summed E-state index contributed by atoms with van der Waals surface area (Å²) in [6.07, 6.45) is 2.57. The number of carbonyl (C=O) groups is 1. The van der Waals surface area contributed by atoms with Crippen LogP contribution < -0.4 is 10.6 Å². The smallest absolute Gasteiger partial charge is 0.221 e. The Kier molecular flexibility index (Phi) is 7.11. The van der Waals surface area contributed by atoms with Crippen molar-refractivity contribution in [2.45, 2.75) is 69.8 Å². The highest BCUT2D eigenvalue weighted by atomic mass is 35.5. The first-order valence-corrected chi connectivity index (χ1v) is 10.7. The van der Waals surface area contributed by atoms with Crippen LogP contribution in [0.1, 0.15) is 52.5 Å². The quantitative estimate of drug-likeness (QED) is 0.704. The van der Waals surface area contributed by atoms with Crippen LogP contribution in [0, 0.1) is 0 Å². The lowest BCUT2D eigenvalue weighted by atomic mass is 9.79. The van der Waals surface area contributed by atoms with Gasteiger partial charge >= 0.3 is 0 Å². The molecule has 3 N–H and O–H groups in total. The van der Waals surface area contributed by atoms with Crippen molar-refractivity contribution in [3.63, 3.8) is 0 Å². The Morgan fingerprint density at radius 3 is 2.44 bits per heavy atom. The number of benzene rings is 1. The number of hydrogen-bond acceptors (Lipinski definition) is 2. The van der Waals surface area contributed by atoms with Crippen LogP contribution in [0.3, 0.4) is 0 Å². The van der Waals surface area contributed by atoms with Crippen molar-refractivity contribution < 1.29 is 10.1 Å². The molecule has 3 nitrogen and oxygen atoms in total. The van der Waals surface area contributed by atoms with Gasteiger partial charge in [-0.05, 0) is 45.4 Å². The summed E-state index contributed by atoms with van der Waals surface area (Å²) in [6.45, 7) is 9.00. The van der Waals surface area contributed by atoms with Crippen molar-refractivity contribution in [2.24, 2.45) is 0 Å². The molecule has 0 unspecified atom stereocenters. The average Bonchev–Trinajstić information content (AvgIpc) is 2.43. The Morgan fingerprint density at radius 2 is 1.84 bits per heavy atom. The summed E-state index contributed by atoms with van der Waals surface area (Å²) in [4.78, 5) is 12.3. The van der Waals surface area contributed by atoms with Gasteiger partial charge in [0.2, 0.25) is 5.91 Å². The van der Waals surface area contributed by atoms with Gasteiger partial charge in [0.05, 0.1) is 21.1 Å². The molecule has 0 bridgehead atoms. The highest BCUT2D eigenvalue weighted by Gasteiger charge is 2.41. The fraction of sp³-hybridized carbons (Fsp3) is 0.632. The zero-order valence-corrected chi connectivity index (χ0v) is 17.8. The second-order valence-electron chi connectivity index (χ2n) is 8.35. The number of carbonyl (C=O) groups excluding carboxylic acids is 1. The molecule has 1 amide bonds. The molecule has 0 atom stereocenters. The van der Waals surface area contributed by atoms with Crippen LogP contribution in [0.15, 0.2) is 18.2 Å². The molecule has 2 rings (SSSR count). The lowest BCUT2D eigenvalue weighted by Gasteiger charge is -2.43. The van der Waals surface area contributed by atoms with E-state index < -0.39 is 0 Å². The van der Waals surface area contributed by atoms with Crippen LogP contribution in [0.5, 0.6) is 0 Å². The van der Waals surface area contributed by atoms with Gasteiger partial charge in [0.1, 0.15) is 0 Å². The molecule has 1 fully saturated rings. The van der Waals surface area contributed by atoms with E-state index in [1.54, 1.807) is 11.8 Å². The fourth-order valence-electron chi connectivity index (χ4n) is 3.90. The van der Waals surface area contributed by atoms with Crippen LogP contribution in [0.2, 0.25) is 10.0 Å². The number of rotatable bonds is 6. The first-order chi connectivity index (χ1) is 11.6. The van der Waals surface area contributed by atoms with Gasteiger partial charge in [-0.1, -0.05) is 29.3 Å². The first kappa shape index (κ1) is 20.9. The molecule has 140 valence electrons. The molecule has 6 heteroatoms. The minimum Gasteiger partial charge on any atom is -0.353 e. The highest BCUT2D eigenvalue weighted by molar-refractivity contribution is 7.98. The van der Waals surface area contributed by atoms with E-state index in [9.17, 15) is 4.79 Å². The standard InChI is InChI=1S/C19H28Cl2N2OS/c1-18(2)10-14(11-19(3,4)23-18)22-17(24)7-8-25-12-13-5-6-15(20)16(21)9-13/h5-6,9,14,23H,7-8,10-12H2,1-4H3,(H,22,24)/p+1. The Bertz CT molecular complexity index is 603. The van der Waals surface area contributed by atoms with Crippen LogP contribution >= 0.6 is 35.0 Å². The number of halogens is 2. The largest absolute Gasteiger partial charge is 0.353 e. The van der Waals surface area contributed by atoms with E-state index in [4.69, 9.17) is 23.2 Å². The normalized spacial score (nSPS) is 19.6. The van der Waals surface area contributed by atoms with Crippen molar-refractivity contribution in [3.05, 3.63) is 33.8 Å². The van der Waals surface area contributed by atoms with Crippen molar-refractivity contribution in [3.8, 4) is 0 Å². The summed E-state index contributed by atoms with van der Waals surface area (Å²) in [6, 6.07) is 5.95. The third-order valence-electron chi connectivity index (χ3n) is 4.42. The van der Waals surface area contributed by atoms with Gasteiger partial charge in [-0.2, -0.15) is 11.8 Å². The molecule has 1 aromatic carbocycles. The molecule has 0 radical (unpaired) electrons. The van der Waals surface area contributed by atoms with Gasteiger partial charge in [0.15, 0.2) is 0 Å². The van der Waals surface area contributed by atoms with Crippen LogP contribution in [0.25, 0.3) is 0 Å². The summed E-state index contributed by atoms with van der Waals surface area (Å²) in [7, 11) is 0. The van der Waals surface area contributed by atoms with Gasteiger partial charge in [-0.25, -0.2) is 0 Å². The molecular formula is C19H29Cl2N2OS+. The Morgan fingerprint density at radius 1 is 1.20 bits per heavy atom. The zero-order valence-electron chi connectivity index (χ0n) is 15.5. The van der Waals surface area contributed by atoms with Crippen molar-refractivity contribution in [1.29, 1.82) is 0 Å². The van der Waals surface area contributed by atoms with E-state index in [-0.39, 0.29) is 23.0 Å². The molecule has 1 saturated heterocycles. The van der Waals surface area contributed by atoms with Gasteiger partial charge < -0.3 is 10.6 Å². The number of thioether (sulfide) groups is 1. The number of quaternary nitrogens is 1. The monoisotopic (exact) mass is 403 g/mol. The second-order valence-corrected chi connectivity index (χ2v) is 10.3. The lowest BCUT2D eigenvalue weighted by molar-refractivity contribution is -0.787. The minimum absolute atomic E-state index is 0.153. The fourth-order valence-corrected chi connectivity index (χ4v) is 5.11. The van der Waals surface area contributed by atoms with E-state index in [0.29, 0.717) is 16.5 Å². The van der Waals surface area contributed by atoms with Gasteiger partial charge in [-0.3, -0.25) is 4.79 Å². The number of nitrogens with one attached hydrogen (secondary N) is 1. The van der Waals surface area contributed by atoms with Crippen molar-refractivity contribution in [2.75, 3.05) is 5.75 Å². The van der Waals surface area contributed by atoms with Gasteiger partial charge in [0.25, 0.3) is 0 Å². The van der Waals surface area contributed by atoms with Gasteiger partial charge in [-0.15, -0.1) is 0 Å². The molecule has 1 heterocycles. The Balaban J connectivity index is 1.72. The minimum atomic E-state index is 0.153. The van der Waals surface area contributed by atoms with Crippen molar-refractivity contribution in [1.82, 2.24) is 5.32 Å². The maximum absolute atomic E-state index is 12.3. The number of hydrogen-bond donors (Lipinski definition) is 2. The van der Waals surface area contributed by atoms with E-state index >= 15 is 0 Å². The average molecular weight is 404 g/mol. The maximum Gasteiger partial charge on any atom is 0.221 e. The maximum atomic E-state index is 12.3. The van der Waals surface area contributed by atoms with E-state index in [1.807, 2.05) is 18.2 Å². The summed E-state index contributed by atoms with van der Waals surface area (Å²) in [5.41, 5.74) is 1.47. The number of amides is 1. The van der Waals surface area contributed by atoms with Crippen LogP contribution in [-0.4, -0.2) is 28.8 Å². The number of nitrogens with two attached hydrogens (primary N) is 1. The van der Waals surface area contributed by atoms with E-state index in [2.05, 4.69) is 38.3 Å². The third kappa shape index (κ3) is 7.01. The second kappa shape index (κ2) is 8.51. The van der Waals surface area contributed by atoms with Crippen molar-refractivity contribution >= 4 is 40.9 Å². The topological polar surface area (TPSA) is 45.7 Å². The van der Waals surface area contributed by atoms with E-state index in [0.717, 1.165) is 29.9 Å². The first-order valence-electron chi connectivity index (χ1n) is 8.74. The zero-order chi connectivity index (χ0) is 18.7. The molecule has 1 aliphatic heterocycles. The molecular weight excluding hydrogens is 375 g/mol. The summed E-state index contributed by atoms with van der Waals surface area (Å²) >= 11 is 13.7. The molecule has 1 aromatic rings. The summed E-state index contributed by atoms with van der Waals surface area (Å²) in [5, 5.41) is 6.82. The number of piperidine rings is 1. The SMILES string of the molecule is CC1(C)CC(NC(=O)CCSCc2ccc(Cl)c(Cl)c2)CC(C)(C)[NH2+]1. The highest BCUT2D eigenvalue weighted by Crippen LogP contribution is 2.25. The molecule has 0 aromatic heterocycles.